The Morgan fingerprint density at radius 3 is 2.76 bits per heavy atom. The highest BCUT2D eigenvalue weighted by molar-refractivity contribution is 5.99. The lowest BCUT2D eigenvalue weighted by atomic mass is 10.1. The van der Waals surface area contributed by atoms with Gasteiger partial charge >= 0.3 is 5.76 Å². The van der Waals surface area contributed by atoms with Crippen LogP contribution in [0.25, 0.3) is 11.1 Å². The molecule has 0 N–H and O–H groups in total. The molecule has 0 unspecified atom stereocenters. The van der Waals surface area contributed by atoms with Crippen LogP contribution in [0, 0.1) is 0 Å². The summed E-state index contributed by atoms with van der Waals surface area (Å²) < 4.78 is 6.45. The van der Waals surface area contributed by atoms with Gasteiger partial charge in [-0.2, -0.15) is 0 Å². The Balaban J connectivity index is 2.45. The number of oxazole rings is 1. The summed E-state index contributed by atoms with van der Waals surface area (Å²) in [6.45, 7) is 0.336. The van der Waals surface area contributed by atoms with Gasteiger partial charge in [0.2, 0.25) is 0 Å². The molecule has 0 spiro atoms. The van der Waals surface area contributed by atoms with Crippen LogP contribution in [0.4, 0.5) is 0 Å². The molecule has 2 rings (SSSR count). The van der Waals surface area contributed by atoms with Crippen LogP contribution in [0.1, 0.15) is 10.4 Å². The molecule has 0 saturated heterocycles. The van der Waals surface area contributed by atoms with Crippen LogP contribution < -0.4 is 5.76 Å². The van der Waals surface area contributed by atoms with E-state index in [0.717, 1.165) is 0 Å². The number of aryl methyl sites for hydroxylation is 1. The number of hydrogen-bond donors (Lipinski definition) is 0. The predicted octanol–water partition coefficient (Wildman–Crippen LogP) is 0.876. The van der Waals surface area contributed by atoms with Gasteiger partial charge in [-0.15, -0.1) is 0 Å². The second-order valence-electron chi connectivity index (χ2n) is 4.27. The van der Waals surface area contributed by atoms with E-state index in [9.17, 15) is 9.59 Å². The average Bonchev–Trinajstić information content (AvgIpc) is 2.53. The molecular weight excluding hydrogens is 220 g/mol. The number of Topliss-reactive ketones (excluding diaryl/α,β-unsaturated/α-hetero) is 1. The van der Waals surface area contributed by atoms with E-state index in [1.165, 1.54) is 4.57 Å². The number of rotatable bonds is 3. The minimum absolute atomic E-state index is 0.00315. The number of fused-ring (bicyclic) bond motifs is 1. The van der Waals surface area contributed by atoms with E-state index >= 15 is 0 Å². The molecule has 90 valence electrons. The molecule has 5 nitrogen and oxygen atoms in total. The first-order chi connectivity index (χ1) is 7.99. The highest BCUT2D eigenvalue weighted by atomic mass is 16.4. The summed E-state index contributed by atoms with van der Waals surface area (Å²) >= 11 is 0. The molecule has 1 heterocycles. The van der Waals surface area contributed by atoms with Crippen LogP contribution in [0.2, 0.25) is 0 Å². The fourth-order valence-electron chi connectivity index (χ4n) is 1.69. The van der Waals surface area contributed by atoms with Crippen molar-refractivity contribution in [3.63, 3.8) is 0 Å². The Labute approximate surface area is 98.2 Å². The van der Waals surface area contributed by atoms with E-state index in [2.05, 4.69) is 0 Å². The van der Waals surface area contributed by atoms with Gasteiger partial charge in [-0.25, -0.2) is 4.79 Å². The van der Waals surface area contributed by atoms with E-state index < -0.39 is 5.76 Å². The fourth-order valence-corrected chi connectivity index (χ4v) is 1.69. The number of ketones is 1. The Morgan fingerprint density at radius 1 is 1.41 bits per heavy atom. The smallest absolute Gasteiger partial charge is 0.408 e. The first kappa shape index (κ1) is 11.6. The lowest BCUT2D eigenvalue weighted by molar-refractivity contribution is 0.0958. The first-order valence-electron chi connectivity index (χ1n) is 5.26. The number of benzene rings is 1. The van der Waals surface area contributed by atoms with Gasteiger partial charge in [-0.3, -0.25) is 9.36 Å². The summed E-state index contributed by atoms with van der Waals surface area (Å²) in [4.78, 5) is 24.9. The quantitative estimate of drug-likeness (QED) is 0.740. The second-order valence-corrected chi connectivity index (χ2v) is 4.27. The molecule has 17 heavy (non-hydrogen) atoms. The van der Waals surface area contributed by atoms with Crippen LogP contribution in [-0.2, 0) is 7.05 Å². The van der Waals surface area contributed by atoms with Gasteiger partial charge in [-0.1, -0.05) is 0 Å². The zero-order valence-corrected chi connectivity index (χ0v) is 10.1. The Hall–Kier alpha value is -1.88. The van der Waals surface area contributed by atoms with E-state index in [0.29, 0.717) is 23.2 Å². The fraction of sp³-hybridized carbons (Fsp3) is 0.333. The molecule has 0 saturated carbocycles. The van der Waals surface area contributed by atoms with Crippen molar-refractivity contribution in [3.8, 4) is 0 Å². The van der Waals surface area contributed by atoms with Gasteiger partial charge in [-0.05, 0) is 32.3 Å². The molecule has 2 aromatic rings. The molecule has 0 aliphatic heterocycles. The highest BCUT2D eigenvalue weighted by Gasteiger charge is 2.11. The second kappa shape index (κ2) is 4.18. The van der Waals surface area contributed by atoms with Crippen molar-refractivity contribution in [3.05, 3.63) is 34.3 Å². The third-order valence-electron chi connectivity index (χ3n) is 2.57. The molecular formula is C12H14N2O3. The number of likely N-dealkylation sites (N-methyl/N-ethyl adjacent to an activating group) is 1. The van der Waals surface area contributed by atoms with Crippen molar-refractivity contribution in [2.45, 2.75) is 0 Å². The maximum atomic E-state index is 11.8. The Morgan fingerprint density at radius 2 is 2.12 bits per heavy atom. The number of hydrogen-bond acceptors (Lipinski definition) is 4. The van der Waals surface area contributed by atoms with Crippen LogP contribution in [0.3, 0.4) is 0 Å². The van der Waals surface area contributed by atoms with E-state index in [-0.39, 0.29) is 5.78 Å². The molecule has 0 atom stereocenters. The van der Waals surface area contributed by atoms with Gasteiger partial charge < -0.3 is 9.32 Å². The van der Waals surface area contributed by atoms with Crippen LogP contribution in [0.15, 0.2) is 27.4 Å². The summed E-state index contributed by atoms with van der Waals surface area (Å²) in [6.07, 6.45) is 0. The van der Waals surface area contributed by atoms with Crippen molar-refractivity contribution >= 4 is 16.9 Å². The molecule has 0 amide bonds. The topological polar surface area (TPSA) is 55.5 Å². The van der Waals surface area contributed by atoms with Gasteiger partial charge in [0, 0.05) is 12.6 Å². The monoisotopic (exact) mass is 234 g/mol. The molecule has 0 aliphatic carbocycles. The molecule has 0 radical (unpaired) electrons. The van der Waals surface area contributed by atoms with Gasteiger partial charge in [0.05, 0.1) is 12.1 Å². The van der Waals surface area contributed by atoms with Crippen molar-refractivity contribution in [1.29, 1.82) is 0 Å². The molecule has 1 aromatic carbocycles. The summed E-state index contributed by atoms with van der Waals surface area (Å²) in [6, 6.07) is 5.05. The van der Waals surface area contributed by atoms with Crippen LogP contribution in [0.5, 0.6) is 0 Å². The average molecular weight is 234 g/mol. The van der Waals surface area contributed by atoms with Crippen molar-refractivity contribution < 1.29 is 9.21 Å². The zero-order chi connectivity index (χ0) is 12.6. The number of aromatic nitrogens is 1. The van der Waals surface area contributed by atoms with Crippen LogP contribution in [-0.4, -0.2) is 35.9 Å². The third kappa shape index (κ3) is 2.14. The van der Waals surface area contributed by atoms with Crippen molar-refractivity contribution in [2.24, 2.45) is 7.05 Å². The predicted molar refractivity (Wildman–Crippen MR) is 64.3 cm³/mol. The van der Waals surface area contributed by atoms with Crippen LogP contribution >= 0.6 is 0 Å². The lowest BCUT2D eigenvalue weighted by Crippen LogP contribution is -2.21. The van der Waals surface area contributed by atoms with E-state index in [4.69, 9.17) is 4.42 Å². The molecule has 0 fully saturated rings. The van der Waals surface area contributed by atoms with E-state index in [1.54, 1.807) is 30.1 Å². The van der Waals surface area contributed by atoms with Crippen molar-refractivity contribution in [1.82, 2.24) is 9.47 Å². The molecule has 0 aliphatic rings. The van der Waals surface area contributed by atoms with Crippen molar-refractivity contribution in [2.75, 3.05) is 20.6 Å². The van der Waals surface area contributed by atoms with E-state index in [1.807, 2.05) is 14.1 Å². The normalized spacial score (nSPS) is 11.3. The summed E-state index contributed by atoms with van der Waals surface area (Å²) in [5.41, 5.74) is 1.69. The first-order valence-corrected chi connectivity index (χ1v) is 5.26. The highest BCUT2D eigenvalue weighted by Crippen LogP contribution is 2.14. The lowest BCUT2D eigenvalue weighted by Gasteiger charge is -2.07. The SMILES string of the molecule is CN(C)CC(=O)c1ccc2c(c1)oc(=O)n2C. The molecule has 5 heteroatoms. The number of carbonyl (C=O) groups excluding carboxylic acids is 1. The number of nitrogens with zero attached hydrogens (tertiary/aromatic N) is 2. The van der Waals surface area contributed by atoms with Gasteiger partial charge in [0.15, 0.2) is 11.4 Å². The van der Waals surface area contributed by atoms with Gasteiger partial charge in [0.1, 0.15) is 0 Å². The van der Waals surface area contributed by atoms with Gasteiger partial charge in [0.25, 0.3) is 0 Å². The zero-order valence-electron chi connectivity index (χ0n) is 10.1. The summed E-state index contributed by atoms with van der Waals surface area (Å²) in [7, 11) is 5.30. The minimum atomic E-state index is -0.419. The Kier molecular flexibility index (Phi) is 2.85. The summed E-state index contributed by atoms with van der Waals surface area (Å²) in [5, 5.41) is 0. The standard InChI is InChI=1S/C12H14N2O3/c1-13(2)7-10(15)8-4-5-9-11(6-8)17-12(16)14(9)3/h4-6H,7H2,1-3H3. The largest absolute Gasteiger partial charge is 0.419 e. The maximum Gasteiger partial charge on any atom is 0.419 e. The number of carbonyl (C=O) groups is 1. The molecule has 1 aromatic heterocycles. The third-order valence-corrected chi connectivity index (χ3v) is 2.57. The maximum absolute atomic E-state index is 11.8. The minimum Gasteiger partial charge on any atom is -0.408 e. The molecule has 0 bridgehead atoms. The summed E-state index contributed by atoms with van der Waals surface area (Å²) in [5.74, 6) is -0.416. The Bertz CT molecular complexity index is 622.